The van der Waals surface area contributed by atoms with Gasteiger partial charge in [0.25, 0.3) is 0 Å². The van der Waals surface area contributed by atoms with E-state index in [2.05, 4.69) is 67.7 Å². The van der Waals surface area contributed by atoms with Gasteiger partial charge in [0.1, 0.15) is 11.8 Å². The molecule has 0 unspecified atom stereocenters. The molecule has 0 aromatic heterocycles. The zero-order valence-corrected chi connectivity index (χ0v) is 19.0. The molecule has 6 heteroatoms. The van der Waals surface area contributed by atoms with E-state index in [-0.39, 0.29) is 22.2 Å². The quantitative estimate of drug-likeness (QED) is 0.497. The number of hydrogen-bond donors (Lipinski definition) is 0. The Kier molecular flexibility index (Phi) is 5.73. The lowest BCUT2D eigenvalue weighted by molar-refractivity contribution is -0.171. The summed E-state index contributed by atoms with van der Waals surface area (Å²) in [5.41, 5.74) is 1.85. The minimum atomic E-state index is -0.504. The summed E-state index contributed by atoms with van der Waals surface area (Å²) in [4.78, 5) is 17.9. The molecule has 0 saturated carbocycles. The summed E-state index contributed by atoms with van der Waals surface area (Å²) in [7, 11) is 0. The summed E-state index contributed by atoms with van der Waals surface area (Å²) in [6.07, 6.45) is 4.21. The largest absolute Gasteiger partial charge is 0.359 e. The fraction of sp³-hybridized carbons (Fsp3) is 0.435. The topological polar surface area (TPSA) is 32.8 Å². The van der Waals surface area contributed by atoms with Crippen LogP contribution in [0.4, 0.5) is 0 Å². The Bertz CT molecular complexity index is 856. The molecule has 2 aliphatic heterocycles. The van der Waals surface area contributed by atoms with E-state index in [1.165, 1.54) is 5.56 Å². The van der Waals surface area contributed by atoms with Crippen molar-refractivity contribution in [3.8, 4) is 0 Å². The molecule has 2 atom stereocenters. The molecule has 0 aliphatic carbocycles. The molecule has 0 N–H and O–H groups in total. The van der Waals surface area contributed by atoms with Crippen LogP contribution in [-0.4, -0.2) is 50.8 Å². The van der Waals surface area contributed by atoms with E-state index in [1.807, 2.05) is 29.2 Å². The van der Waals surface area contributed by atoms with Crippen LogP contribution < -0.4 is 0 Å². The number of carbonyl (C=O) groups is 1. The van der Waals surface area contributed by atoms with Gasteiger partial charge in [-0.05, 0) is 37.5 Å². The van der Waals surface area contributed by atoms with Gasteiger partial charge in [0.05, 0.1) is 12.6 Å². The fourth-order valence-electron chi connectivity index (χ4n) is 4.55. The van der Waals surface area contributed by atoms with Gasteiger partial charge in [-0.2, -0.15) is 0 Å². The number of amides is 1. The van der Waals surface area contributed by atoms with Gasteiger partial charge >= 0.3 is 0 Å². The highest BCUT2D eigenvalue weighted by molar-refractivity contribution is 8.17. The van der Waals surface area contributed by atoms with Crippen molar-refractivity contribution in [2.24, 2.45) is 0 Å². The van der Waals surface area contributed by atoms with Crippen LogP contribution in [0.3, 0.4) is 0 Å². The first-order chi connectivity index (χ1) is 13.9. The van der Waals surface area contributed by atoms with Crippen molar-refractivity contribution in [3.63, 3.8) is 0 Å². The second kappa shape index (κ2) is 7.99. The molecular formula is C23H28N2O2S2. The SMILES string of the molecule is CSC1(SC)[C@H](N2[C@@H](c3ccccc3)COC2(C)C)C(=O)N1Cc1ccccc1. The van der Waals surface area contributed by atoms with Gasteiger partial charge < -0.3 is 9.64 Å². The van der Waals surface area contributed by atoms with Gasteiger partial charge in [-0.3, -0.25) is 9.69 Å². The molecule has 2 aromatic carbocycles. The lowest BCUT2D eigenvalue weighted by atomic mass is 9.96. The highest BCUT2D eigenvalue weighted by atomic mass is 32.2. The third-order valence-corrected chi connectivity index (χ3v) is 9.06. The number of likely N-dealkylation sites (tertiary alicyclic amines) is 1. The smallest absolute Gasteiger partial charge is 0.246 e. The first-order valence-corrected chi connectivity index (χ1v) is 12.3. The second-order valence-corrected chi connectivity index (χ2v) is 10.3. The summed E-state index contributed by atoms with van der Waals surface area (Å²) >= 11 is 3.51. The molecule has 0 bridgehead atoms. The predicted molar refractivity (Wildman–Crippen MR) is 122 cm³/mol. The van der Waals surface area contributed by atoms with E-state index in [0.29, 0.717) is 13.2 Å². The van der Waals surface area contributed by atoms with Crippen LogP contribution in [0.2, 0.25) is 0 Å². The van der Waals surface area contributed by atoms with Crippen LogP contribution in [0.1, 0.15) is 31.0 Å². The maximum atomic E-state index is 13.6. The average Bonchev–Trinajstić information content (AvgIpc) is 3.05. The molecule has 2 saturated heterocycles. The molecule has 0 radical (unpaired) electrons. The van der Waals surface area contributed by atoms with E-state index in [1.54, 1.807) is 23.5 Å². The van der Waals surface area contributed by atoms with Gasteiger partial charge in [-0.1, -0.05) is 60.7 Å². The van der Waals surface area contributed by atoms with Crippen molar-refractivity contribution in [2.75, 3.05) is 19.1 Å². The van der Waals surface area contributed by atoms with Crippen molar-refractivity contribution in [1.82, 2.24) is 9.80 Å². The maximum absolute atomic E-state index is 13.6. The standard InChI is InChI=1S/C23H28N2O2S2/c1-22(2)25(19(16-27-22)18-13-9-6-10-14-18)20-21(26)24(23(20,28-3)29-4)15-17-11-7-5-8-12-17/h5-14,19-20H,15-16H2,1-4H3/t19-,20-/m1/s1. The second-order valence-electron chi connectivity index (χ2n) is 7.94. The van der Waals surface area contributed by atoms with Crippen molar-refractivity contribution >= 4 is 29.4 Å². The normalized spacial score (nSPS) is 25.8. The van der Waals surface area contributed by atoms with Crippen molar-refractivity contribution in [2.45, 2.75) is 42.4 Å². The van der Waals surface area contributed by atoms with Crippen molar-refractivity contribution in [1.29, 1.82) is 0 Å². The highest BCUT2D eigenvalue weighted by Crippen LogP contribution is 2.55. The van der Waals surface area contributed by atoms with Crippen LogP contribution in [0.5, 0.6) is 0 Å². The Morgan fingerprint density at radius 3 is 2.17 bits per heavy atom. The summed E-state index contributed by atoms with van der Waals surface area (Å²) < 4.78 is 5.86. The average molecular weight is 429 g/mol. The molecule has 1 amide bonds. The maximum Gasteiger partial charge on any atom is 0.246 e. The van der Waals surface area contributed by atoms with E-state index in [0.717, 1.165) is 5.56 Å². The van der Waals surface area contributed by atoms with Gasteiger partial charge in [-0.25, -0.2) is 0 Å². The van der Waals surface area contributed by atoms with Crippen molar-refractivity contribution in [3.05, 3.63) is 71.8 Å². The van der Waals surface area contributed by atoms with Gasteiger partial charge in [0, 0.05) is 6.54 Å². The Hall–Kier alpha value is -1.47. The number of benzene rings is 2. The molecule has 4 nitrogen and oxygen atoms in total. The molecule has 2 aliphatic rings. The molecule has 4 rings (SSSR count). The predicted octanol–water partition coefficient (Wildman–Crippen LogP) is 4.59. The third-order valence-electron chi connectivity index (χ3n) is 6.00. The van der Waals surface area contributed by atoms with Crippen LogP contribution in [0, 0.1) is 0 Å². The zero-order valence-electron chi connectivity index (χ0n) is 17.4. The molecule has 2 fully saturated rings. The molecule has 2 heterocycles. The number of β-lactam (4-membered cyclic amide) rings is 1. The molecule has 0 spiro atoms. The summed E-state index contributed by atoms with van der Waals surface area (Å²) in [5.74, 6) is 0.178. The van der Waals surface area contributed by atoms with Crippen LogP contribution in [-0.2, 0) is 16.1 Å². The van der Waals surface area contributed by atoms with Crippen LogP contribution in [0.25, 0.3) is 0 Å². The van der Waals surface area contributed by atoms with E-state index < -0.39 is 5.72 Å². The monoisotopic (exact) mass is 428 g/mol. The summed E-state index contributed by atoms with van der Waals surface area (Å²) in [6.45, 7) is 5.38. The van der Waals surface area contributed by atoms with Gasteiger partial charge in [-0.15, -0.1) is 23.5 Å². The zero-order chi connectivity index (χ0) is 20.6. The van der Waals surface area contributed by atoms with Crippen molar-refractivity contribution < 1.29 is 9.53 Å². The number of thioether (sulfide) groups is 2. The number of ether oxygens (including phenoxy) is 1. The van der Waals surface area contributed by atoms with E-state index >= 15 is 0 Å². The van der Waals surface area contributed by atoms with Gasteiger partial charge in [0.15, 0.2) is 4.20 Å². The minimum absolute atomic E-state index is 0.0673. The van der Waals surface area contributed by atoms with Crippen LogP contribution >= 0.6 is 23.5 Å². The van der Waals surface area contributed by atoms with Gasteiger partial charge in [0.2, 0.25) is 5.91 Å². The number of nitrogens with zero attached hydrogens (tertiary/aromatic N) is 2. The first-order valence-electron chi connectivity index (χ1n) is 9.87. The summed E-state index contributed by atoms with van der Waals surface area (Å²) in [6, 6.07) is 20.5. The minimum Gasteiger partial charge on any atom is -0.359 e. The summed E-state index contributed by atoms with van der Waals surface area (Å²) in [5, 5.41) is 0. The lowest BCUT2D eigenvalue weighted by Gasteiger charge is -2.60. The van der Waals surface area contributed by atoms with E-state index in [4.69, 9.17) is 4.74 Å². The Morgan fingerprint density at radius 1 is 1.00 bits per heavy atom. The molecule has 29 heavy (non-hydrogen) atoms. The number of rotatable bonds is 6. The lowest BCUT2D eigenvalue weighted by Crippen LogP contribution is -2.77. The first kappa shape index (κ1) is 20.8. The molecular weight excluding hydrogens is 400 g/mol. The van der Waals surface area contributed by atoms with E-state index in [9.17, 15) is 4.79 Å². The Balaban J connectivity index is 1.69. The third kappa shape index (κ3) is 3.40. The molecule has 2 aromatic rings. The Morgan fingerprint density at radius 2 is 1.59 bits per heavy atom. The van der Waals surface area contributed by atoms with Crippen LogP contribution in [0.15, 0.2) is 60.7 Å². The fourth-order valence-corrected chi connectivity index (χ4v) is 6.84. The molecule has 154 valence electrons. The Labute approximate surface area is 182 Å². The number of carbonyl (C=O) groups excluding carboxylic acids is 1. The highest BCUT2D eigenvalue weighted by Gasteiger charge is 2.66. The number of hydrogen-bond acceptors (Lipinski definition) is 5.